The number of amides is 1. The second-order valence-electron chi connectivity index (χ2n) is 4.31. The van der Waals surface area contributed by atoms with E-state index in [1.807, 2.05) is 12.3 Å². The van der Waals surface area contributed by atoms with Crippen LogP contribution in [-0.4, -0.2) is 23.6 Å². The summed E-state index contributed by atoms with van der Waals surface area (Å²) in [4.78, 5) is 12.0. The Hall–Kier alpha value is -2.14. The van der Waals surface area contributed by atoms with Crippen molar-refractivity contribution in [3.63, 3.8) is 0 Å². The van der Waals surface area contributed by atoms with Crippen LogP contribution in [0, 0.1) is 5.82 Å². The largest absolute Gasteiger partial charge is 0.271 e. The van der Waals surface area contributed by atoms with Crippen LogP contribution in [0.25, 0.3) is 0 Å². The summed E-state index contributed by atoms with van der Waals surface area (Å²) >= 11 is 1.58. The van der Waals surface area contributed by atoms with Gasteiger partial charge in [0.25, 0.3) is 5.91 Å². The van der Waals surface area contributed by atoms with E-state index >= 15 is 0 Å². The SMILES string of the molecule is CSCC(=NNC(=O)c1ccccc1)c1ccc(F)cc1. The number of benzene rings is 2. The summed E-state index contributed by atoms with van der Waals surface area (Å²) < 4.78 is 13.0. The first-order valence-corrected chi connectivity index (χ1v) is 7.77. The fourth-order valence-electron chi connectivity index (χ4n) is 1.73. The molecule has 1 N–H and O–H groups in total. The maximum atomic E-state index is 13.0. The summed E-state index contributed by atoms with van der Waals surface area (Å²) in [6, 6.07) is 14.9. The molecule has 0 unspecified atom stereocenters. The molecule has 0 saturated heterocycles. The van der Waals surface area contributed by atoms with Crippen LogP contribution < -0.4 is 5.43 Å². The molecule has 2 rings (SSSR count). The molecule has 0 atom stereocenters. The molecule has 2 aromatic rings. The molecular formula is C16H15FN2OS. The summed E-state index contributed by atoms with van der Waals surface area (Å²) in [6.45, 7) is 0. The van der Waals surface area contributed by atoms with Gasteiger partial charge in [0, 0.05) is 11.3 Å². The van der Waals surface area contributed by atoms with Gasteiger partial charge in [0.2, 0.25) is 0 Å². The maximum Gasteiger partial charge on any atom is 0.271 e. The minimum Gasteiger partial charge on any atom is -0.267 e. The fourth-order valence-corrected chi connectivity index (χ4v) is 2.24. The number of carbonyl (C=O) groups excluding carboxylic acids is 1. The van der Waals surface area contributed by atoms with Crippen LogP contribution in [0.2, 0.25) is 0 Å². The van der Waals surface area contributed by atoms with Crippen LogP contribution in [0.15, 0.2) is 59.7 Å². The van der Waals surface area contributed by atoms with Crippen molar-refractivity contribution in [2.45, 2.75) is 0 Å². The van der Waals surface area contributed by atoms with Gasteiger partial charge in [-0.1, -0.05) is 30.3 Å². The lowest BCUT2D eigenvalue weighted by atomic mass is 10.1. The quantitative estimate of drug-likeness (QED) is 0.680. The number of hydrogen-bond acceptors (Lipinski definition) is 3. The summed E-state index contributed by atoms with van der Waals surface area (Å²) in [6.07, 6.45) is 1.94. The van der Waals surface area contributed by atoms with E-state index in [1.54, 1.807) is 48.2 Å². The van der Waals surface area contributed by atoms with Crippen LogP contribution in [0.4, 0.5) is 4.39 Å². The molecule has 5 heteroatoms. The lowest BCUT2D eigenvalue weighted by Crippen LogP contribution is -2.21. The van der Waals surface area contributed by atoms with Crippen molar-refractivity contribution in [1.29, 1.82) is 0 Å². The van der Waals surface area contributed by atoms with Crippen molar-refractivity contribution in [3.8, 4) is 0 Å². The van der Waals surface area contributed by atoms with Gasteiger partial charge in [0.15, 0.2) is 0 Å². The molecule has 1 amide bonds. The molecule has 0 heterocycles. The highest BCUT2D eigenvalue weighted by Gasteiger charge is 2.06. The number of nitrogens with one attached hydrogen (secondary N) is 1. The van der Waals surface area contributed by atoms with Crippen molar-refractivity contribution >= 4 is 23.4 Å². The molecule has 2 aromatic carbocycles. The van der Waals surface area contributed by atoms with Gasteiger partial charge in [-0.25, -0.2) is 9.82 Å². The minimum absolute atomic E-state index is 0.267. The van der Waals surface area contributed by atoms with E-state index < -0.39 is 0 Å². The highest BCUT2D eigenvalue weighted by atomic mass is 32.2. The van der Waals surface area contributed by atoms with E-state index in [-0.39, 0.29) is 11.7 Å². The Morgan fingerprint density at radius 2 is 1.76 bits per heavy atom. The van der Waals surface area contributed by atoms with Crippen molar-refractivity contribution in [3.05, 3.63) is 71.5 Å². The van der Waals surface area contributed by atoms with Gasteiger partial charge in [-0.05, 0) is 36.1 Å². The zero-order chi connectivity index (χ0) is 15.1. The Kier molecular flexibility index (Phi) is 5.51. The van der Waals surface area contributed by atoms with Crippen molar-refractivity contribution in [2.24, 2.45) is 5.10 Å². The maximum absolute atomic E-state index is 13.0. The average molecular weight is 302 g/mol. The standard InChI is InChI=1S/C16H15FN2OS/c1-21-11-15(12-7-9-14(17)10-8-12)18-19-16(20)13-5-3-2-4-6-13/h2-10H,11H2,1H3,(H,19,20). The summed E-state index contributed by atoms with van der Waals surface area (Å²) in [5, 5.41) is 4.16. The molecule has 0 aromatic heterocycles. The van der Waals surface area contributed by atoms with Crippen molar-refractivity contribution in [2.75, 3.05) is 12.0 Å². The highest BCUT2D eigenvalue weighted by Crippen LogP contribution is 2.08. The smallest absolute Gasteiger partial charge is 0.267 e. The molecule has 0 fully saturated rings. The van der Waals surface area contributed by atoms with E-state index in [0.717, 1.165) is 5.56 Å². The number of nitrogens with zero attached hydrogens (tertiary/aromatic N) is 1. The molecule has 0 aliphatic carbocycles. The van der Waals surface area contributed by atoms with Gasteiger partial charge in [-0.2, -0.15) is 16.9 Å². The number of thioether (sulfide) groups is 1. The van der Waals surface area contributed by atoms with Gasteiger partial charge < -0.3 is 0 Å². The molecule has 0 radical (unpaired) electrons. The zero-order valence-corrected chi connectivity index (χ0v) is 12.4. The molecule has 3 nitrogen and oxygen atoms in total. The van der Waals surface area contributed by atoms with Gasteiger partial charge in [-0.15, -0.1) is 0 Å². The number of halogens is 1. The van der Waals surface area contributed by atoms with Crippen molar-refractivity contribution in [1.82, 2.24) is 5.43 Å². The Labute approximate surface area is 127 Å². The molecule has 0 bridgehead atoms. The zero-order valence-electron chi connectivity index (χ0n) is 11.5. The topological polar surface area (TPSA) is 41.5 Å². The van der Waals surface area contributed by atoms with Gasteiger partial charge in [-0.3, -0.25) is 4.79 Å². The number of rotatable bonds is 5. The lowest BCUT2D eigenvalue weighted by molar-refractivity contribution is 0.0955. The Morgan fingerprint density at radius 1 is 1.10 bits per heavy atom. The van der Waals surface area contributed by atoms with Crippen LogP contribution in [0.5, 0.6) is 0 Å². The van der Waals surface area contributed by atoms with Crippen LogP contribution in [0.1, 0.15) is 15.9 Å². The molecule has 21 heavy (non-hydrogen) atoms. The summed E-state index contributed by atoms with van der Waals surface area (Å²) in [5.74, 6) is 0.0626. The minimum atomic E-state index is -0.296. The first kappa shape index (κ1) is 15.3. The van der Waals surface area contributed by atoms with Gasteiger partial charge in [0.1, 0.15) is 5.82 Å². The van der Waals surface area contributed by atoms with E-state index in [4.69, 9.17) is 0 Å². The van der Waals surface area contributed by atoms with E-state index in [2.05, 4.69) is 10.5 Å². The number of hydrazone groups is 1. The molecule has 0 saturated carbocycles. The Bertz CT molecular complexity index is 626. The molecular weight excluding hydrogens is 287 g/mol. The fraction of sp³-hybridized carbons (Fsp3) is 0.125. The summed E-state index contributed by atoms with van der Waals surface area (Å²) in [5.41, 5.74) is 4.58. The van der Waals surface area contributed by atoms with E-state index in [9.17, 15) is 9.18 Å². The Morgan fingerprint density at radius 3 is 2.38 bits per heavy atom. The summed E-state index contributed by atoms with van der Waals surface area (Å²) in [7, 11) is 0. The second-order valence-corrected chi connectivity index (χ2v) is 5.17. The predicted molar refractivity (Wildman–Crippen MR) is 85.2 cm³/mol. The molecule has 0 spiro atoms. The Balaban J connectivity index is 2.14. The predicted octanol–water partition coefficient (Wildman–Crippen LogP) is 3.32. The molecule has 0 aliphatic rings. The average Bonchev–Trinajstić information content (AvgIpc) is 2.53. The first-order chi connectivity index (χ1) is 10.2. The second kappa shape index (κ2) is 7.59. The molecule has 108 valence electrons. The van der Waals surface area contributed by atoms with Crippen LogP contribution >= 0.6 is 11.8 Å². The first-order valence-electron chi connectivity index (χ1n) is 6.37. The van der Waals surface area contributed by atoms with Crippen LogP contribution in [-0.2, 0) is 0 Å². The van der Waals surface area contributed by atoms with Crippen LogP contribution in [0.3, 0.4) is 0 Å². The number of carbonyl (C=O) groups is 1. The third kappa shape index (κ3) is 4.43. The normalized spacial score (nSPS) is 11.2. The highest BCUT2D eigenvalue weighted by molar-refractivity contribution is 7.99. The molecule has 0 aliphatic heterocycles. The van der Waals surface area contributed by atoms with E-state index in [1.165, 1.54) is 12.1 Å². The van der Waals surface area contributed by atoms with E-state index in [0.29, 0.717) is 17.0 Å². The third-order valence-corrected chi connectivity index (χ3v) is 3.35. The van der Waals surface area contributed by atoms with Gasteiger partial charge in [0.05, 0.1) is 5.71 Å². The van der Waals surface area contributed by atoms with Crippen molar-refractivity contribution < 1.29 is 9.18 Å². The van der Waals surface area contributed by atoms with Gasteiger partial charge >= 0.3 is 0 Å². The lowest BCUT2D eigenvalue weighted by Gasteiger charge is -2.06. The third-order valence-electron chi connectivity index (χ3n) is 2.79. The number of hydrogen-bond donors (Lipinski definition) is 1. The monoisotopic (exact) mass is 302 g/mol.